The maximum atomic E-state index is 12.4. The molecule has 1 atom stereocenters. The number of aryl methyl sites for hydroxylation is 1. The molecule has 3 rings (SSSR count). The molecule has 0 spiro atoms. The number of likely N-dealkylation sites (tertiary alicyclic amines) is 1. The van der Waals surface area contributed by atoms with Gasteiger partial charge in [0.2, 0.25) is 5.91 Å². The summed E-state index contributed by atoms with van der Waals surface area (Å²) in [5, 5.41) is 3.13. The third-order valence-corrected chi connectivity index (χ3v) is 5.45. The van der Waals surface area contributed by atoms with Gasteiger partial charge in [0.25, 0.3) is 0 Å². The Morgan fingerprint density at radius 3 is 2.69 bits per heavy atom. The number of nitrogens with zero attached hydrogens (tertiary/aromatic N) is 1. The summed E-state index contributed by atoms with van der Waals surface area (Å²) in [5.41, 5.74) is 2.30. The second-order valence-corrected chi connectivity index (χ2v) is 7.56. The third kappa shape index (κ3) is 6.23. The highest BCUT2D eigenvalue weighted by Crippen LogP contribution is 2.27. The standard InChI is InChI=1S/C24H32N2O3/c1-19-9-3-4-12-23(19)29-16-8-13-24(27)25-18-22(26-14-5-6-15-26)20-10-7-11-21(17-20)28-2/h3-4,7,9-12,17,22H,5-6,8,13-16,18H2,1-2H3,(H,25,27). The molecule has 2 aromatic carbocycles. The third-order valence-electron chi connectivity index (χ3n) is 5.45. The lowest BCUT2D eigenvalue weighted by atomic mass is 10.0. The molecular weight excluding hydrogens is 364 g/mol. The quantitative estimate of drug-likeness (QED) is 0.614. The van der Waals surface area contributed by atoms with Crippen LogP contribution in [-0.2, 0) is 4.79 Å². The van der Waals surface area contributed by atoms with Crippen molar-refractivity contribution in [1.29, 1.82) is 0 Å². The van der Waals surface area contributed by atoms with Crippen molar-refractivity contribution in [2.45, 2.75) is 38.6 Å². The average Bonchev–Trinajstić information content (AvgIpc) is 3.27. The molecule has 0 aliphatic carbocycles. The Kier molecular flexibility index (Phi) is 7.94. The highest BCUT2D eigenvalue weighted by Gasteiger charge is 2.24. The number of nitrogens with one attached hydrogen (secondary N) is 1. The maximum absolute atomic E-state index is 12.4. The van der Waals surface area contributed by atoms with Gasteiger partial charge in [0.1, 0.15) is 11.5 Å². The van der Waals surface area contributed by atoms with E-state index in [4.69, 9.17) is 9.47 Å². The van der Waals surface area contributed by atoms with Crippen LogP contribution in [0.25, 0.3) is 0 Å². The second kappa shape index (κ2) is 10.9. The van der Waals surface area contributed by atoms with E-state index in [2.05, 4.69) is 22.3 Å². The van der Waals surface area contributed by atoms with Crippen molar-refractivity contribution >= 4 is 5.91 Å². The molecule has 1 unspecified atom stereocenters. The fourth-order valence-corrected chi connectivity index (χ4v) is 3.79. The largest absolute Gasteiger partial charge is 0.497 e. The van der Waals surface area contributed by atoms with Gasteiger partial charge in [0, 0.05) is 13.0 Å². The van der Waals surface area contributed by atoms with Crippen molar-refractivity contribution in [2.75, 3.05) is 33.4 Å². The molecule has 0 saturated carbocycles. The van der Waals surface area contributed by atoms with E-state index in [0.717, 1.165) is 30.2 Å². The normalized spacial score (nSPS) is 15.1. The molecule has 5 heteroatoms. The fourth-order valence-electron chi connectivity index (χ4n) is 3.79. The number of ether oxygens (including phenoxy) is 2. The monoisotopic (exact) mass is 396 g/mol. The molecule has 156 valence electrons. The molecular formula is C24H32N2O3. The topological polar surface area (TPSA) is 50.8 Å². The molecule has 1 aliphatic heterocycles. The zero-order valence-electron chi connectivity index (χ0n) is 17.5. The summed E-state index contributed by atoms with van der Waals surface area (Å²) >= 11 is 0. The van der Waals surface area contributed by atoms with Gasteiger partial charge in [-0.05, 0) is 68.6 Å². The minimum absolute atomic E-state index is 0.0745. The van der Waals surface area contributed by atoms with Gasteiger partial charge >= 0.3 is 0 Å². The van der Waals surface area contributed by atoms with Crippen molar-refractivity contribution in [3.63, 3.8) is 0 Å². The Morgan fingerprint density at radius 1 is 1.14 bits per heavy atom. The van der Waals surface area contributed by atoms with Gasteiger partial charge in [-0.25, -0.2) is 0 Å². The minimum Gasteiger partial charge on any atom is -0.497 e. The van der Waals surface area contributed by atoms with Crippen molar-refractivity contribution in [1.82, 2.24) is 10.2 Å². The lowest BCUT2D eigenvalue weighted by Gasteiger charge is -2.28. The van der Waals surface area contributed by atoms with Gasteiger partial charge in [-0.15, -0.1) is 0 Å². The number of carbonyl (C=O) groups is 1. The first-order valence-electron chi connectivity index (χ1n) is 10.5. The Balaban J connectivity index is 1.48. The Morgan fingerprint density at radius 2 is 1.93 bits per heavy atom. The van der Waals surface area contributed by atoms with Crippen molar-refractivity contribution < 1.29 is 14.3 Å². The van der Waals surface area contributed by atoms with Crippen molar-refractivity contribution in [2.24, 2.45) is 0 Å². The van der Waals surface area contributed by atoms with Crippen LogP contribution in [0.15, 0.2) is 48.5 Å². The first-order chi connectivity index (χ1) is 14.2. The summed E-state index contributed by atoms with van der Waals surface area (Å²) < 4.78 is 11.2. The molecule has 1 heterocycles. The van der Waals surface area contributed by atoms with Crippen LogP contribution < -0.4 is 14.8 Å². The number of carbonyl (C=O) groups excluding carboxylic acids is 1. The molecule has 0 bridgehead atoms. The van der Waals surface area contributed by atoms with Crippen LogP contribution in [0, 0.1) is 6.92 Å². The van der Waals surface area contributed by atoms with Crippen molar-refractivity contribution in [3.05, 3.63) is 59.7 Å². The van der Waals surface area contributed by atoms with Crippen LogP contribution in [0.1, 0.15) is 42.9 Å². The maximum Gasteiger partial charge on any atom is 0.220 e. The van der Waals surface area contributed by atoms with Gasteiger partial charge in [-0.2, -0.15) is 0 Å². The number of rotatable bonds is 10. The highest BCUT2D eigenvalue weighted by atomic mass is 16.5. The lowest BCUT2D eigenvalue weighted by Crippen LogP contribution is -2.36. The number of benzene rings is 2. The Labute approximate surface area is 174 Å². The molecule has 1 saturated heterocycles. The molecule has 0 aromatic heterocycles. The van der Waals surface area contributed by atoms with E-state index in [1.165, 1.54) is 18.4 Å². The van der Waals surface area contributed by atoms with Crippen LogP contribution >= 0.6 is 0 Å². The second-order valence-electron chi connectivity index (χ2n) is 7.56. The average molecular weight is 397 g/mol. The number of amides is 1. The first-order valence-corrected chi connectivity index (χ1v) is 10.5. The van der Waals surface area contributed by atoms with Crippen LogP contribution in [-0.4, -0.2) is 44.2 Å². The summed E-state index contributed by atoms with van der Waals surface area (Å²) in [5.74, 6) is 1.82. The fraction of sp³-hybridized carbons (Fsp3) is 0.458. The summed E-state index contributed by atoms with van der Waals surface area (Å²) in [4.78, 5) is 14.8. The number of para-hydroxylation sites is 1. The van der Waals surface area contributed by atoms with Gasteiger partial charge in [0.15, 0.2) is 0 Å². The zero-order chi connectivity index (χ0) is 20.5. The molecule has 2 aromatic rings. The zero-order valence-corrected chi connectivity index (χ0v) is 17.5. The van der Waals surface area contributed by atoms with Crippen LogP contribution in [0.5, 0.6) is 11.5 Å². The van der Waals surface area contributed by atoms with E-state index in [1.807, 2.05) is 43.3 Å². The minimum atomic E-state index is 0.0745. The predicted octanol–water partition coefficient (Wildman–Crippen LogP) is 4.12. The Hall–Kier alpha value is -2.53. The van der Waals surface area contributed by atoms with E-state index in [1.54, 1.807) is 7.11 Å². The van der Waals surface area contributed by atoms with Crippen LogP contribution in [0.2, 0.25) is 0 Å². The highest BCUT2D eigenvalue weighted by molar-refractivity contribution is 5.75. The van der Waals surface area contributed by atoms with E-state index >= 15 is 0 Å². The predicted molar refractivity (Wildman–Crippen MR) is 115 cm³/mol. The molecule has 29 heavy (non-hydrogen) atoms. The first kappa shape index (κ1) is 21.2. The van der Waals surface area contributed by atoms with Crippen LogP contribution in [0.3, 0.4) is 0 Å². The van der Waals surface area contributed by atoms with E-state index in [-0.39, 0.29) is 11.9 Å². The molecule has 1 fully saturated rings. The SMILES string of the molecule is COc1cccc(C(CNC(=O)CCCOc2ccccc2C)N2CCCC2)c1. The lowest BCUT2D eigenvalue weighted by molar-refractivity contribution is -0.121. The molecule has 1 amide bonds. The smallest absolute Gasteiger partial charge is 0.220 e. The molecule has 0 radical (unpaired) electrons. The summed E-state index contributed by atoms with van der Waals surface area (Å²) in [7, 11) is 1.69. The van der Waals surface area contributed by atoms with Gasteiger partial charge in [-0.3, -0.25) is 9.69 Å². The molecule has 5 nitrogen and oxygen atoms in total. The van der Waals surface area contributed by atoms with Gasteiger partial charge in [0.05, 0.1) is 19.8 Å². The molecule has 1 aliphatic rings. The molecule has 1 N–H and O–H groups in total. The Bertz CT molecular complexity index is 787. The van der Waals surface area contributed by atoms with Crippen LogP contribution in [0.4, 0.5) is 0 Å². The summed E-state index contributed by atoms with van der Waals surface area (Å²) in [6.45, 7) is 5.33. The number of hydrogen-bond donors (Lipinski definition) is 1. The number of methoxy groups -OCH3 is 1. The number of hydrogen-bond acceptors (Lipinski definition) is 4. The summed E-state index contributed by atoms with van der Waals surface area (Å²) in [6, 6.07) is 16.3. The van der Waals surface area contributed by atoms with E-state index < -0.39 is 0 Å². The van der Waals surface area contributed by atoms with E-state index in [9.17, 15) is 4.79 Å². The van der Waals surface area contributed by atoms with Gasteiger partial charge in [-0.1, -0.05) is 30.3 Å². The van der Waals surface area contributed by atoms with Crippen molar-refractivity contribution in [3.8, 4) is 11.5 Å². The van der Waals surface area contributed by atoms with Gasteiger partial charge < -0.3 is 14.8 Å². The van der Waals surface area contributed by atoms with E-state index in [0.29, 0.717) is 26.0 Å². The summed E-state index contributed by atoms with van der Waals surface area (Å²) in [6.07, 6.45) is 3.60.